The van der Waals surface area contributed by atoms with E-state index in [1.165, 1.54) is 0 Å². The van der Waals surface area contributed by atoms with E-state index >= 15 is 0 Å². The van der Waals surface area contributed by atoms with E-state index in [1.54, 1.807) is 18.5 Å². The molecule has 0 bridgehead atoms. The van der Waals surface area contributed by atoms with Crippen LogP contribution in [-0.2, 0) is 0 Å². The van der Waals surface area contributed by atoms with Gasteiger partial charge in [-0.3, -0.25) is 0 Å². The summed E-state index contributed by atoms with van der Waals surface area (Å²) < 4.78 is 0. The summed E-state index contributed by atoms with van der Waals surface area (Å²) >= 11 is 0. The van der Waals surface area contributed by atoms with E-state index in [-0.39, 0.29) is 6.10 Å². The van der Waals surface area contributed by atoms with E-state index in [1.807, 2.05) is 6.92 Å². The zero-order chi connectivity index (χ0) is 8.81. The number of anilines is 1. The van der Waals surface area contributed by atoms with Gasteiger partial charge in [-0.25, -0.2) is 9.97 Å². The summed E-state index contributed by atoms with van der Waals surface area (Å²) in [7, 11) is 0. The third-order valence-electron chi connectivity index (χ3n) is 1.53. The number of aliphatic hydroxyl groups excluding tert-OH is 1. The van der Waals surface area contributed by atoms with Crippen molar-refractivity contribution >= 4 is 5.95 Å². The van der Waals surface area contributed by atoms with E-state index in [0.717, 1.165) is 6.42 Å². The van der Waals surface area contributed by atoms with Crippen LogP contribution in [0.2, 0.25) is 0 Å². The summed E-state index contributed by atoms with van der Waals surface area (Å²) in [6, 6.07) is 1.75. The molecule has 12 heavy (non-hydrogen) atoms. The van der Waals surface area contributed by atoms with Gasteiger partial charge in [0.2, 0.25) is 5.95 Å². The molecule has 0 amide bonds. The molecular weight excluding hydrogens is 154 g/mol. The fourth-order valence-corrected chi connectivity index (χ4v) is 0.744. The van der Waals surface area contributed by atoms with E-state index in [0.29, 0.717) is 12.5 Å². The van der Waals surface area contributed by atoms with Crippen LogP contribution in [0.3, 0.4) is 0 Å². The molecule has 0 spiro atoms. The second kappa shape index (κ2) is 4.66. The van der Waals surface area contributed by atoms with Crippen molar-refractivity contribution < 1.29 is 5.11 Å². The second-order valence-corrected chi connectivity index (χ2v) is 2.52. The maximum atomic E-state index is 9.20. The minimum Gasteiger partial charge on any atom is -0.391 e. The van der Waals surface area contributed by atoms with Gasteiger partial charge in [-0.15, -0.1) is 0 Å². The van der Waals surface area contributed by atoms with Gasteiger partial charge < -0.3 is 10.4 Å². The van der Waals surface area contributed by atoms with Gasteiger partial charge in [0.1, 0.15) is 0 Å². The van der Waals surface area contributed by atoms with Crippen molar-refractivity contribution in [1.29, 1.82) is 0 Å². The summed E-state index contributed by atoms with van der Waals surface area (Å²) in [6.07, 6.45) is 3.73. The monoisotopic (exact) mass is 167 g/mol. The molecule has 1 rings (SSSR count). The standard InChI is InChI=1S/C8H13N3O/c1-2-7(12)6-11-8-9-4-3-5-10-8/h3-5,7,12H,2,6H2,1H3,(H,9,10,11)/t7-/m0/s1. The average molecular weight is 167 g/mol. The zero-order valence-corrected chi connectivity index (χ0v) is 7.07. The molecule has 0 aliphatic heterocycles. The van der Waals surface area contributed by atoms with Gasteiger partial charge in [-0.1, -0.05) is 6.92 Å². The second-order valence-electron chi connectivity index (χ2n) is 2.52. The molecule has 0 aliphatic rings. The van der Waals surface area contributed by atoms with Crippen molar-refractivity contribution in [3.63, 3.8) is 0 Å². The van der Waals surface area contributed by atoms with Crippen molar-refractivity contribution in [1.82, 2.24) is 9.97 Å². The quantitative estimate of drug-likeness (QED) is 0.691. The van der Waals surface area contributed by atoms with E-state index < -0.39 is 0 Å². The lowest BCUT2D eigenvalue weighted by Gasteiger charge is -2.08. The van der Waals surface area contributed by atoms with Crippen LogP contribution in [0.25, 0.3) is 0 Å². The third kappa shape index (κ3) is 2.84. The Morgan fingerprint density at radius 1 is 1.50 bits per heavy atom. The van der Waals surface area contributed by atoms with Crippen molar-refractivity contribution in [3.8, 4) is 0 Å². The number of rotatable bonds is 4. The topological polar surface area (TPSA) is 58.0 Å². The van der Waals surface area contributed by atoms with Gasteiger partial charge >= 0.3 is 0 Å². The number of hydrogen-bond donors (Lipinski definition) is 2. The molecule has 0 radical (unpaired) electrons. The van der Waals surface area contributed by atoms with Crippen LogP contribution >= 0.6 is 0 Å². The lowest BCUT2D eigenvalue weighted by atomic mass is 10.3. The Morgan fingerprint density at radius 2 is 2.17 bits per heavy atom. The Labute approximate surface area is 71.7 Å². The maximum Gasteiger partial charge on any atom is 0.222 e. The van der Waals surface area contributed by atoms with Gasteiger partial charge in [0, 0.05) is 18.9 Å². The molecule has 1 heterocycles. The molecule has 2 N–H and O–H groups in total. The van der Waals surface area contributed by atoms with Crippen LogP contribution in [-0.4, -0.2) is 27.7 Å². The van der Waals surface area contributed by atoms with E-state index in [4.69, 9.17) is 0 Å². The normalized spacial score (nSPS) is 12.5. The molecule has 0 unspecified atom stereocenters. The molecule has 1 aromatic heterocycles. The molecular formula is C8H13N3O. The Hall–Kier alpha value is -1.16. The first-order valence-corrected chi connectivity index (χ1v) is 4.02. The summed E-state index contributed by atoms with van der Waals surface area (Å²) in [5, 5.41) is 12.1. The Morgan fingerprint density at radius 3 is 2.75 bits per heavy atom. The largest absolute Gasteiger partial charge is 0.391 e. The van der Waals surface area contributed by atoms with Crippen molar-refractivity contribution in [2.24, 2.45) is 0 Å². The highest BCUT2D eigenvalue weighted by Crippen LogP contribution is 1.95. The van der Waals surface area contributed by atoms with Crippen LogP contribution in [0.4, 0.5) is 5.95 Å². The average Bonchev–Trinajstić information content (AvgIpc) is 2.16. The fourth-order valence-electron chi connectivity index (χ4n) is 0.744. The molecule has 0 aromatic carbocycles. The molecule has 0 fully saturated rings. The van der Waals surface area contributed by atoms with E-state index in [9.17, 15) is 5.11 Å². The van der Waals surface area contributed by atoms with Gasteiger partial charge in [-0.2, -0.15) is 0 Å². The van der Waals surface area contributed by atoms with Crippen LogP contribution in [0.5, 0.6) is 0 Å². The molecule has 0 aliphatic carbocycles. The summed E-state index contributed by atoms with van der Waals surface area (Å²) in [5.74, 6) is 0.560. The smallest absolute Gasteiger partial charge is 0.222 e. The number of hydrogen-bond acceptors (Lipinski definition) is 4. The number of aliphatic hydroxyl groups is 1. The minimum atomic E-state index is -0.325. The summed E-state index contributed by atoms with van der Waals surface area (Å²) in [4.78, 5) is 7.90. The number of aromatic nitrogens is 2. The molecule has 0 saturated heterocycles. The maximum absolute atomic E-state index is 9.20. The molecule has 1 atom stereocenters. The van der Waals surface area contributed by atoms with Crippen LogP contribution in [0, 0.1) is 0 Å². The van der Waals surface area contributed by atoms with Gasteiger partial charge in [-0.05, 0) is 12.5 Å². The Kier molecular flexibility index (Phi) is 3.47. The predicted molar refractivity (Wildman–Crippen MR) is 46.8 cm³/mol. The van der Waals surface area contributed by atoms with Crippen LogP contribution < -0.4 is 5.32 Å². The minimum absolute atomic E-state index is 0.325. The lowest BCUT2D eigenvalue weighted by molar-refractivity contribution is 0.183. The molecule has 66 valence electrons. The summed E-state index contributed by atoms with van der Waals surface area (Å²) in [5.41, 5.74) is 0. The van der Waals surface area contributed by atoms with Crippen LogP contribution in [0.1, 0.15) is 13.3 Å². The predicted octanol–water partition coefficient (Wildman–Crippen LogP) is 0.659. The van der Waals surface area contributed by atoms with Crippen LogP contribution in [0.15, 0.2) is 18.5 Å². The highest BCUT2D eigenvalue weighted by Gasteiger charge is 1.99. The van der Waals surface area contributed by atoms with Gasteiger partial charge in [0.05, 0.1) is 6.10 Å². The highest BCUT2D eigenvalue weighted by atomic mass is 16.3. The number of nitrogens with zero attached hydrogens (tertiary/aromatic N) is 2. The SMILES string of the molecule is CC[C@H](O)CNc1ncccn1. The number of nitrogens with one attached hydrogen (secondary N) is 1. The van der Waals surface area contributed by atoms with Crippen molar-refractivity contribution in [2.75, 3.05) is 11.9 Å². The van der Waals surface area contributed by atoms with Crippen molar-refractivity contribution in [2.45, 2.75) is 19.4 Å². The molecule has 1 aromatic rings. The first-order valence-electron chi connectivity index (χ1n) is 4.02. The summed E-state index contributed by atoms with van der Waals surface area (Å²) in [6.45, 7) is 2.43. The van der Waals surface area contributed by atoms with Crippen molar-refractivity contribution in [3.05, 3.63) is 18.5 Å². The van der Waals surface area contributed by atoms with E-state index in [2.05, 4.69) is 15.3 Å². The lowest BCUT2D eigenvalue weighted by Crippen LogP contribution is -2.19. The molecule has 4 heteroatoms. The Bertz CT molecular complexity index is 215. The molecule has 4 nitrogen and oxygen atoms in total. The third-order valence-corrected chi connectivity index (χ3v) is 1.53. The first-order chi connectivity index (χ1) is 5.83. The van der Waals surface area contributed by atoms with Gasteiger partial charge in [0.15, 0.2) is 0 Å². The highest BCUT2D eigenvalue weighted by molar-refractivity contribution is 5.21. The molecule has 0 saturated carbocycles. The van der Waals surface area contributed by atoms with Gasteiger partial charge in [0.25, 0.3) is 0 Å². The zero-order valence-electron chi connectivity index (χ0n) is 7.07. The Balaban J connectivity index is 2.33. The first kappa shape index (κ1) is 8.93. The fraction of sp³-hybridized carbons (Fsp3) is 0.500.